The number of nitrogen functional groups attached to an aromatic ring is 1. The first kappa shape index (κ1) is 21.3. The van der Waals surface area contributed by atoms with Crippen LogP contribution in [-0.4, -0.2) is 12.3 Å². The molecule has 0 radical (unpaired) electrons. The number of nitrogens with two attached hydrogens (primary N) is 2. The van der Waals surface area contributed by atoms with Gasteiger partial charge in [0.15, 0.2) is 5.78 Å². The number of ketones is 1. The molecule has 0 spiro atoms. The monoisotopic (exact) mass is 423 g/mol. The first-order valence-corrected chi connectivity index (χ1v) is 12.8. The fourth-order valence-corrected chi connectivity index (χ4v) is 8.73. The van der Waals surface area contributed by atoms with Crippen molar-refractivity contribution < 1.29 is 4.79 Å². The highest BCUT2D eigenvalue weighted by atomic mass is 16.1. The van der Waals surface area contributed by atoms with E-state index in [1.165, 1.54) is 51.4 Å². The predicted molar refractivity (Wildman–Crippen MR) is 127 cm³/mol. The molecule has 1 aromatic rings. The average molecular weight is 424 g/mol. The number of nitrogens with zero attached hydrogens (tertiary/aromatic N) is 1. The van der Waals surface area contributed by atoms with Crippen molar-refractivity contribution in [3.63, 3.8) is 0 Å². The van der Waals surface area contributed by atoms with Gasteiger partial charge in [0.05, 0.1) is 17.9 Å². The summed E-state index contributed by atoms with van der Waals surface area (Å²) < 4.78 is 0. The summed E-state index contributed by atoms with van der Waals surface area (Å²) in [6, 6.07) is 7.57. The number of hydrogen-bond donors (Lipinski definition) is 2. The van der Waals surface area contributed by atoms with Crippen LogP contribution < -0.4 is 16.6 Å². The average Bonchev–Trinajstić information content (AvgIpc) is 3.11. The summed E-state index contributed by atoms with van der Waals surface area (Å²) in [7, 11) is 0. The van der Waals surface area contributed by atoms with Crippen LogP contribution in [0.5, 0.6) is 0 Å². The van der Waals surface area contributed by atoms with Crippen molar-refractivity contribution in [2.24, 2.45) is 52.7 Å². The van der Waals surface area contributed by atoms with Gasteiger partial charge in [-0.25, -0.2) is 5.84 Å². The topological polar surface area (TPSA) is 72.3 Å². The Hall–Kier alpha value is -1.55. The second-order valence-electron chi connectivity index (χ2n) is 11.7. The van der Waals surface area contributed by atoms with Gasteiger partial charge in [-0.15, -0.1) is 0 Å². The number of fused-ring (bicyclic) bond motifs is 5. The van der Waals surface area contributed by atoms with Crippen molar-refractivity contribution >= 4 is 17.2 Å². The molecule has 0 amide bonds. The van der Waals surface area contributed by atoms with Crippen LogP contribution >= 0.6 is 0 Å². The summed E-state index contributed by atoms with van der Waals surface area (Å²) in [5.74, 6) is 12.1. The summed E-state index contributed by atoms with van der Waals surface area (Å²) in [6.07, 6.45) is 12.1. The highest BCUT2D eigenvalue weighted by molar-refractivity contribution is 5.87. The van der Waals surface area contributed by atoms with E-state index in [0.717, 1.165) is 47.6 Å². The third-order valence-electron chi connectivity index (χ3n) is 10.2. The molecule has 4 heteroatoms. The maximum absolute atomic E-state index is 13.5. The zero-order valence-corrected chi connectivity index (χ0v) is 19.4. The van der Waals surface area contributed by atoms with E-state index in [9.17, 15) is 4.79 Å². The van der Waals surface area contributed by atoms with Crippen LogP contribution in [0.3, 0.4) is 0 Å². The highest BCUT2D eigenvalue weighted by Gasteiger charge is 2.58. The van der Waals surface area contributed by atoms with E-state index in [4.69, 9.17) is 11.6 Å². The number of anilines is 2. The molecule has 4 nitrogen and oxygen atoms in total. The van der Waals surface area contributed by atoms with E-state index in [-0.39, 0.29) is 17.9 Å². The van der Waals surface area contributed by atoms with Crippen LogP contribution in [0.1, 0.15) is 71.6 Å². The van der Waals surface area contributed by atoms with E-state index in [0.29, 0.717) is 11.5 Å². The molecule has 0 heterocycles. The molecular formula is C27H41N3O. The van der Waals surface area contributed by atoms with Gasteiger partial charge in [0, 0.05) is 5.92 Å². The second-order valence-corrected chi connectivity index (χ2v) is 11.7. The summed E-state index contributed by atoms with van der Waals surface area (Å²) >= 11 is 0. The molecule has 0 bridgehead atoms. The number of hydrazine groups is 1. The molecule has 5 rings (SSSR count). The summed E-state index contributed by atoms with van der Waals surface area (Å²) in [5, 5.41) is 1.56. The maximum Gasteiger partial charge on any atom is 0.157 e. The summed E-state index contributed by atoms with van der Waals surface area (Å²) in [6.45, 7) is 5.16. The molecule has 4 N–H and O–H groups in total. The lowest BCUT2D eigenvalue weighted by atomic mass is 9.49. The van der Waals surface area contributed by atoms with Crippen LogP contribution in [0.2, 0.25) is 0 Å². The molecule has 170 valence electrons. The number of Topliss-reactive ketones (excluding diaryl/α,β-unsaturated/α-hetero) is 1. The second kappa shape index (κ2) is 8.10. The molecule has 8 atom stereocenters. The van der Waals surface area contributed by atoms with Crippen LogP contribution in [0.15, 0.2) is 24.3 Å². The van der Waals surface area contributed by atoms with Gasteiger partial charge < -0.3 is 10.7 Å². The Morgan fingerprint density at radius 2 is 1.81 bits per heavy atom. The molecule has 4 aliphatic rings. The smallest absolute Gasteiger partial charge is 0.157 e. The van der Waals surface area contributed by atoms with Crippen molar-refractivity contribution in [3.05, 3.63) is 24.3 Å². The lowest BCUT2D eigenvalue weighted by Crippen LogP contribution is -2.50. The fourth-order valence-electron chi connectivity index (χ4n) is 8.73. The van der Waals surface area contributed by atoms with E-state index in [1.54, 1.807) is 5.01 Å². The van der Waals surface area contributed by atoms with Gasteiger partial charge in [-0.05, 0) is 104 Å². The van der Waals surface area contributed by atoms with Crippen molar-refractivity contribution in [1.29, 1.82) is 0 Å². The minimum Gasteiger partial charge on any atom is -0.397 e. The number of hydrogen-bond acceptors (Lipinski definition) is 4. The molecule has 0 aliphatic heterocycles. The van der Waals surface area contributed by atoms with Crippen LogP contribution in [-0.2, 0) is 4.79 Å². The van der Waals surface area contributed by atoms with Gasteiger partial charge in [-0.1, -0.05) is 32.4 Å². The lowest BCUT2D eigenvalue weighted by Gasteiger charge is -2.56. The van der Waals surface area contributed by atoms with Crippen molar-refractivity contribution in [1.82, 2.24) is 0 Å². The van der Waals surface area contributed by atoms with Crippen LogP contribution in [0.25, 0.3) is 0 Å². The molecule has 7 unspecified atom stereocenters. The summed E-state index contributed by atoms with van der Waals surface area (Å²) in [4.78, 5) is 13.5. The van der Waals surface area contributed by atoms with Gasteiger partial charge in [0.1, 0.15) is 0 Å². The third kappa shape index (κ3) is 3.59. The lowest BCUT2D eigenvalue weighted by molar-refractivity contribution is -0.129. The number of carbonyl (C=O) groups excluding carboxylic acids is 1. The van der Waals surface area contributed by atoms with Gasteiger partial charge in [-0.3, -0.25) is 4.79 Å². The molecule has 1 aromatic carbocycles. The molecule has 31 heavy (non-hydrogen) atoms. The first-order chi connectivity index (χ1) is 14.9. The summed E-state index contributed by atoms with van der Waals surface area (Å²) in [5.41, 5.74) is 7.63. The van der Waals surface area contributed by atoms with E-state index in [1.807, 2.05) is 24.3 Å². The van der Waals surface area contributed by atoms with Crippen LogP contribution in [0.4, 0.5) is 11.4 Å². The largest absolute Gasteiger partial charge is 0.397 e. The Kier molecular flexibility index (Phi) is 5.57. The zero-order valence-electron chi connectivity index (χ0n) is 19.4. The van der Waals surface area contributed by atoms with Crippen molar-refractivity contribution in [2.75, 3.05) is 17.3 Å². The van der Waals surface area contributed by atoms with Gasteiger partial charge >= 0.3 is 0 Å². The molecule has 4 saturated carbocycles. The fraction of sp³-hybridized carbons (Fsp3) is 0.741. The Bertz CT molecular complexity index is 824. The molecule has 0 saturated heterocycles. The minimum absolute atomic E-state index is 0.151. The van der Waals surface area contributed by atoms with Crippen molar-refractivity contribution in [2.45, 2.75) is 71.6 Å². The standard InChI is InChI=1S/C27H41N3O/c1-17-7-9-19-18(15-17)8-10-21-20(19)13-14-27(2)22(21)11-12-23(27)26(31)16-30(29)25-6-4-3-5-24(25)28/h3-6,17-23H,7-16,28-29H2,1-2H3/t17?,18?,19?,20?,21?,22?,23-,27?/m1/s1. The zero-order chi connectivity index (χ0) is 21.8. The van der Waals surface area contributed by atoms with Gasteiger partial charge in [-0.2, -0.15) is 0 Å². The Morgan fingerprint density at radius 1 is 1.03 bits per heavy atom. The number of carbonyl (C=O) groups is 1. The Morgan fingerprint density at radius 3 is 2.61 bits per heavy atom. The quantitative estimate of drug-likeness (QED) is 0.385. The van der Waals surface area contributed by atoms with E-state index < -0.39 is 0 Å². The molecule has 4 aliphatic carbocycles. The SMILES string of the molecule is CC1CCC2C(CCC3C2CCC2(C)C3CC[C@@H]2C(=O)CN(N)c2ccccc2N)C1. The molecule has 4 fully saturated rings. The predicted octanol–water partition coefficient (Wildman–Crippen LogP) is 5.42. The van der Waals surface area contributed by atoms with E-state index in [2.05, 4.69) is 13.8 Å². The Labute approximate surface area is 188 Å². The first-order valence-electron chi connectivity index (χ1n) is 12.8. The van der Waals surface area contributed by atoms with Gasteiger partial charge in [0.2, 0.25) is 0 Å². The molecule has 0 aromatic heterocycles. The Balaban J connectivity index is 1.29. The number of para-hydroxylation sites is 2. The molecular weight excluding hydrogens is 382 g/mol. The highest BCUT2D eigenvalue weighted by Crippen LogP contribution is 2.64. The maximum atomic E-state index is 13.5. The van der Waals surface area contributed by atoms with E-state index >= 15 is 0 Å². The van der Waals surface area contributed by atoms with Crippen molar-refractivity contribution in [3.8, 4) is 0 Å². The van der Waals surface area contributed by atoms with Crippen LogP contribution in [0, 0.1) is 46.8 Å². The number of rotatable bonds is 4. The third-order valence-corrected chi connectivity index (χ3v) is 10.2. The van der Waals surface area contributed by atoms with Gasteiger partial charge in [0.25, 0.3) is 0 Å². The number of benzene rings is 1. The minimum atomic E-state index is 0.151. The normalized spacial score (nSPS) is 41.7.